The molecule has 0 aliphatic rings. The van der Waals surface area contributed by atoms with Crippen molar-refractivity contribution in [2.24, 2.45) is 0 Å². The highest BCUT2D eigenvalue weighted by atomic mass is 19.1. The van der Waals surface area contributed by atoms with E-state index in [1.54, 1.807) is 13.2 Å². The third-order valence-electron chi connectivity index (χ3n) is 2.34. The van der Waals surface area contributed by atoms with Crippen LogP contribution in [-0.2, 0) is 6.54 Å². The summed E-state index contributed by atoms with van der Waals surface area (Å²) in [5.41, 5.74) is 1.08. The van der Waals surface area contributed by atoms with Crippen molar-refractivity contribution in [1.82, 2.24) is 4.98 Å². The van der Waals surface area contributed by atoms with Gasteiger partial charge in [-0.3, -0.25) is 0 Å². The second-order valence-electron chi connectivity index (χ2n) is 3.57. The monoisotopic (exact) mass is 232 g/mol. The fraction of sp³-hybridized carbons (Fsp3) is 0.154. The summed E-state index contributed by atoms with van der Waals surface area (Å²) in [5.74, 6) is 1.13. The minimum absolute atomic E-state index is 0.336. The molecular formula is C13H13FN2O. The lowest BCUT2D eigenvalue weighted by Gasteiger charge is -2.06. The number of halogens is 1. The largest absolute Gasteiger partial charge is 0.497 e. The first-order valence-corrected chi connectivity index (χ1v) is 5.26. The van der Waals surface area contributed by atoms with Gasteiger partial charge in [-0.05, 0) is 29.8 Å². The number of hydrogen-bond acceptors (Lipinski definition) is 3. The zero-order chi connectivity index (χ0) is 12.1. The van der Waals surface area contributed by atoms with Crippen LogP contribution in [0.2, 0.25) is 0 Å². The molecule has 1 heterocycles. The molecule has 1 aromatic heterocycles. The summed E-state index contributed by atoms with van der Waals surface area (Å²) >= 11 is 0. The lowest BCUT2D eigenvalue weighted by atomic mass is 10.2. The quantitative estimate of drug-likeness (QED) is 0.880. The Morgan fingerprint density at radius 3 is 2.88 bits per heavy atom. The second kappa shape index (κ2) is 5.30. The lowest BCUT2D eigenvalue weighted by molar-refractivity contribution is 0.414. The number of methoxy groups -OCH3 is 1. The van der Waals surface area contributed by atoms with E-state index < -0.39 is 0 Å². The first kappa shape index (κ1) is 11.4. The van der Waals surface area contributed by atoms with Crippen LogP contribution in [0.1, 0.15) is 5.56 Å². The molecule has 88 valence electrons. The number of benzene rings is 1. The zero-order valence-electron chi connectivity index (χ0n) is 9.48. The van der Waals surface area contributed by atoms with Gasteiger partial charge in [0.1, 0.15) is 17.4 Å². The van der Waals surface area contributed by atoms with Crippen LogP contribution in [0.15, 0.2) is 42.6 Å². The molecule has 0 amide bonds. The zero-order valence-corrected chi connectivity index (χ0v) is 9.48. The van der Waals surface area contributed by atoms with Crippen LogP contribution in [-0.4, -0.2) is 12.1 Å². The molecule has 0 saturated carbocycles. The minimum atomic E-state index is -0.336. The highest BCUT2D eigenvalue weighted by Crippen LogP contribution is 2.13. The van der Waals surface area contributed by atoms with Gasteiger partial charge in [0.15, 0.2) is 0 Å². The topological polar surface area (TPSA) is 34.1 Å². The third kappa shape index (κ3) is 3.17. The van der Waals surface area contributed by atoms with Gasteiger partial charge in [0, 0.05) is 6.54 Å². The second-order valence-corrected chi connectivity index (χ2v) is 3.57. The van der Waals surface area contributed by atoms with Gasteiger partial charge in [-0.25, -0.2) is 9.37 Å². The summed E-state index contributed by atoms with van der Waals surface area (Å²) in [4.78, 5) is 3.92. The van der Waals surface area contributed by atoms with Gasteiger partial charge < -0.3 is 10.1 Å². The molecule has 0 radical (unpaired) electrons. The van der Waals surface area contributed by atoms with E-state index in [1.165, 1.54) is 12.3 Å². The van der Waals surface area contributed by atoms with E-state index in [1.807, 2.05) is 24.3 Å². The highest BCUT2D eigenvalue weighted by Gasteiger charge is 1.97. The van der Waals surface area contributed by atoms with Crippen LogP contribution >= 0.6 is 0 Å². The summed E-state index contributed by atoms with van der Waals surface area (Å²) in [6.07, 6.45) is 1.19. The number of ether oxygens (including phenoxy) is 1. The summed E-state index contributed by atoms with van der Waals surface area (Å²) < 4.78 is 17.8. The fourth-order valence-electron chi connectivity index (χ4n) is 1.46. The van der Waals surface area contributed by atoms with Gasteiger partial charge in [0.25, 0.3) is 0 Å². The van der Waals surface area contributed by atoms with Crippen molar-refractivity contribution in [3.05, 3.63) is 54.0 Å². The first-order valence-electron chi connectivity index (χ1n) is 5.26. The van der Waals surface area contributed by atoms with Crippen molar-refractivity contribution < 1.29 is 9.13 Å². The number of anilines is 1. The van der Waals surface area contributed by atoms with Crippen molar-refractivity contribution in [3.8, 4) is 5.75 Å². The van der Waals surface area contributed by atoms with E-state index in [-0.39, 0.29) is 5.82 Å². The van der Waals surface area contributed by atoms with Crippen molar-refractivity contribution in [2.75, 3.05) is 12.4 Å². The molecule has 1 aromatic carbocycles. The molecule has 0 unspecified atom stereocenters. The SMILES string of the molecule is COc1cccc(CNc2ccc(F)cn2)c1. The molecule has 0 spiro atoms. The Hall–Kier alpha value is -2.10. The Bertz CT molecular complexity index is 485. The summed E-state index contributed by atoms with van der Waals surface area (Å²) in [7, 11) is 1.63. The number of pyridine rings is 1. The van der Waals surface area contributed by atoms with Gasteiger partial charge in [-0.2, -0.15) is 0 Å². The average molecular weight is 232 g/mol. The van der Waals surface area contributed by atoms with Crippen LogP contribution in [0.5, 0.6) is 5.75 Å². The van der Waals surface area contributed by atoms with Crippen LogP contribution in [0.3, 0.4) is 0 Å². The van der Waals surface area contributed by atoms with Crippen LogP contribution in [0, 0.1) is 5.82 Å². The molecule has 4 heteroatoms. The van der Waals surface area contributed by atoms with Crippen molar-refractivity contribution in [1.29, 1.82) is 0 Å². The molecule has 0 bridgehead atoms. The highest BCUT2D eigenvalue weighted by molar-refractivity contribution is 5.36. The lowest BCUT2D eigenvalue weighted by Crippen LogP contribution is -2.01. The Balaban J connectivity index is 1.99. The molecule has 17 heavy (non-hydrogen) atoms. The maximum Gasteiger partial charge on any atom is 0.141 e. The first-order chi connectivity index (χ1) is 8.28. The van der Waals surface area contributed by atoms with Gasteiger partial charge in [-0.1, -0.05) is 12.1 Å². The molecule has 1 N–H and O–H groups in total. The maximum atomic E-state index is 12.6. The molecule has 2 rings (SSSR count). The maximum absolute atomic E-state index is 12.6. The van der Waals surface area contributed by atoms with E-state index >= 15 is 0 Å². The molecule has 0 saturated heterocycles. The van der Waals surface area contributed by atoms with Crippen molar-refractivity contribution in [3.63, 3.8) is 0 Å². The van der Waals surface area contributed by atoms with E-state index in [4.69, 9.17) is 4.74 Å². The smallest absolute Gasteiger partial charge is 0.141 e. The normalized spacial score (nSPS) is 10.0. The van der Waals surface area contributed by atoms with E-state index in [9.17, 15) is 4.39 Å². The number of rotatable bonds is 4. The van der Waals surface area contributed by atoms with Gasteiger partial charge >= 0.3 is 0 Å². The van der Waals surface area contributed by atoms with Crippen molar-refractivity contribution in [2.45, 2.75) is 6.54 Å². The third-order valence-corrected chi connectivity index (χ3v) is 2.34. The van der Waals surface area contributed by atoms with Crippen LogP contribution < -0.4 is 10.1 Å². The van der Waals surface area contributed by atoms with Crippen molar-refractivity contribution >= 4 is 5.82 Å². The number of nitrogens with zero attached hydrogens (tertiary/aromatic N) is 1. The number of hydrogen-bond donors (Lipinski definition) is 1. The molecule has 0 aliphatic heterocycles. The van der Waals surface area contributed by atoms with E-state index in [0.717, 1.165) is 11.3 Å². The Kier molecular flexibility index (Phi) is 3.55. The predicted octanol–water partition coefficient (Wildman–Crippen LogP) is 2.84. The Labute approximate surface area is 99.3 Å². The van der Waals surface area contributed by atoms with Crippen LogP contribution in [0.25, 0.3) is 0 Å². The Morgan fingerprint density at radius 1 is 1.29 bits per heavy atom. The molecule has 0 aliphatic carbocycles. The minimum Gasteiger partial charge on any atom is -0.497 e. The van der Waals surface area contributed by atoms with E-state index in [2.05, 4.69) is 10.3 Å². The molecule has 0 fully saturated rings. The molecular weight excluding hydrogens is 219 g/mol. The predicted molar refractivity (Wildman–Crippen MR) is 64.5 cm³/mol. The fourth-order valence-corrected chi connectivity index (χ4v) is 1.46. The van der Waals surface area contributed by atoms with Gasteiger partial charge in [0.2, 0.25) is 0 Å². The van der Waals surface area contributed by atoms with Crippen LogP contribution in [0.4, 0.5) is 10.2 Å². The van der Waals surface area contributed by atoms with Gasteiger partial charge in [-0.15, -0.1) is 0 Å². The summed E-state index contributed by atoms with van der Waals surface area (Å²) in [6.45, 7) is 0.621. The Morgan fingerprint density at radius 2 is 2.18 bits per heavy atom. The molecule has 0 atom stereocenters. The number of aromatic nitrogens is 1. The standard InChI is InChI=1S/C13H13FN2O/c1-17-12-4-2-3-10(7-12)8-15-13-6-5-11(14)9-16-13/h2-7,9H,8H2,1H3,(H,15,16). The summed E-state index contributed by atoms with van der Waals surface area (Å²) in [5, 5.41) is 3.11. The number of nitrogens with one attached hydrogen (secondary N) is 1. The summed E-state index contributed by atoms with van der Waals surface area (Å²) in [6, 6.07) is 10.7. The van der Waals surface area contributed by atoms with E-state index in [0.29, 0.717) is 12.4 Å². The molecule has 2 aromatic rings. The average Bonchev–Trinajstić information content (AvgIpc) is 2.38. The van der Waals surface area contributed by atoms with Gasteiger partial charge in [0.05, 0.1) is 13.3 Å². The molecule has 3 nitrogen and oxygen atoms in total.